The van der Waals surface area contributed by atoms with E-state index in [0.717, 1.165) is 55.9 Å². The quantitative estimate of drug-likeness (QED) is 0.501. The van der Waals surface area contributed by atoms with Crippen LogP contribution in [0.15, 0.2) is 18.2 Å². The number of anilines is 1. The van der Waals surface area contributed by atoms with E-state index in [1.165, 1.54) is 62.6 Å². The summed E-state index contributed by atoms with van der Waals surface area (Å²) in [5, 5.41) is 0. The molecular formula is C29H44N2O2. The highest BCUT2D eigenvalue weighted by Gasteiger charge is 2.47. The first-order valence-electron chi connectivity index (χ1n) is 13.5. The average molecular weight is 453 g/mol. The van der Waals surface area contributed by atoms with Gasteiger partial charge < -0.3 is 9.64 Å². The van der Waals surface area contributed by atoms with Crippen molar-refractivity contribution in [1.29, 1.82) is 0 Å². The number of hydrogen-bond acceptors (Lipinski definition) is 3. The summed E-state index contributed by atoms with van der Waals surface area (Å²) in [6, 6.07) is 6.60. The molecule has 0 radical (unpaired) electrons. The molecule has 3 fully saturated rings. The summed E-state index contributed by atoms with van der Waals surface area (Å²) < 4.78 is 5.79. The molecule has 1 aromatic rings. The predicted molar refractivity (Wildman–Crippen MR) is 135 cm³/mol. The van der Waals surface area contributed by atoms with Gasteiger partial charge in [0, 0.05) is 18.5 Å². The molecule has 1 saturated heterocycles. The molecule has 0 aromatic heterocycles. The summed E-state index contributed by atoms with van der Waals surface area (Å²) in [6.07, 6.45) is 12.4. The molecule has 1 aromatic carbocycles. The van der Waals surface area contributed by atoms with E-state index < -0.39 is 5.60 Å². The first-order valence-corrected chi connectivity index (χ1v) is 13.5. The van der Waals surface area contributed by atoms with Gasteiger partial charge >= 0.3 is 6.09 Å². The van der Waals surface area contributed by atoms with Crippen molar-refractivity contribution in [3.63, 3.8) is 0 Å². The second-order valence-corrected chi connectivity index (χ2v) is 12.7. The number of rotatable bonds is 2. The van der Waals surface area contributed by atoms with Crippen LogP contribution >= 0.6 is 0 Å². The Morgan fingerprint density at radius 1 is 1.06 bits per heavy atom. The van der Waals surface area contributed by atoms with Gasteiger partial charge in [-0.05, 0) is 102 Å². The van der Waals surface area contributed by atoms with Gasteiger partial charge in [0.05, 0.1) is 5.69 Å². The molecule has 3 atom stereocenters. The molecule has 4 heteroatoms. The predicted octanol–water partition coefficient (Wildman–Crippen LogP) is 6.69. The van der Waals surface area contributed by atoms with Gasteiger partial charge in [0.15, 0.2) is 0 Å². The third-order valence-corrected chi connectivity index (χ3v) is 8.96. The van der Waals surface area contributed by atoms with Gasteiger partial charge in [0.1, 0.15) is 5.60 Å². The Morgan fingerprint density at radius 3 is 2.58 bits per heavy atom. The number of hydrogen-bond donors (Lipinski definition) is 0. The molecule has 33 heavy (non-hydrogen) atoms. The average Bonchev–Trinajstić information content (AvgIpc) is 2.98. The fraction of sp³-hybridized carbons (Fsp3) is 0.759. The first-order chi connectivity index (χ1) is 15.7. The van der Waals surface area contributed by atoms with Gasteiger partial charge in [-0.25, -0.2) is 4.79 Å². The summed E-state index contributed by atoms with van der Waals surface area (Å²) in [5.74, 6) is 2.92. The molecule has 2 bridgehead atoms. The number of ether oxygens (including phenoxy) is 1. The highest BCUT2D eigenvalue weighted by atomic mass is 16.6. The number of carbonyl (C=O) groups is 1. The highest BCUT2D eigenvalue weighted by molar-refractivity contribution is 5.91. The van der Waals surface area contributed by atoms with E-state index in [-0.39, 0.29) is 11.5 Å². The van der Waals surface area contributed by atoms with E-state index in [9.17, 15) is 4.79 Å². The zero-order chi connectivity index (χ0) is 23.2. The minimum atomic E-state index is -0.474. The minimum absolute atomic E-state index is 0.0781. The number of nitrogens with zero attached hydrogens (tertiary/aromatic N) is 2. The van der Waals surface area contributed by atoms with Crippen LogP contribution in [0, 0.1) is 24.7 Å². The molecule has 4 aliphatic rings. The smallest absolute Gasteiger partial charge is 0.414 e. The topological polar surface area (TPSA) is 32.8 Å². The summed E-state index contributed by atoms with van der Waals surface area (Å²) >= 11 is 0. The third kappa shape index (κ3) is 4.97. The van der Waals surface area contributed by atoms with E-state index in [4.69, 9.17) is 4.74 Å². The minimum Gasteiger partial charge on any atom is -0.443 e. The zero-order valence-electron chi connectivity index (χ0n) is 21.4. The van der Waals surface area contributed by atoms with Crippen LogP contribution < -0.4 is 4.90 Å². The van der Waals surface area contributed by atoms with Gasteiger partial charge in [-0.3, -0.25) is 4.90 Å². The van der Waals surface area contributed by atoms with Crippen LogP contribution in [0.4, 0.5) is 10.5 Å². The molecular weight excluding hydrogens is 408 g/mol. The van der Waals surface area contributed by atoms with E-state index in [2.05, 4.69) is 30.0 Å². The van der Waals surface area contributed by atoms with Crippen LogP contribution in [0.25, 0.3) is 0 Å². The van der Waals surface area contributed by atoms with Crippen LogP contribution in [0.2, 0.25) is 0 Å². The number of likely N-dealkylation sites (tertiary alicyclic amines) is 1. The summed E-state index contributed by atoms with van der Waals surface area (Å²) in [7, 11) is 0. The Bertz CT molecular complexity index is 865. The first kappa shape index (κ1) is 23.2. The number of carbonyl (C=O) groups excluding carboxylic acids is 1. The van der Waals surface area contributed by atoms with Crippen LogP contribution in [-0.4, -0.2) is 42.8 Å². The van der Waals surface area contributed by atoms with Crippen molar-refractivity contribution in [2.24, 2.45) is 17.8 Å². The van der Waals surface area contributed by atoms with Gasteiger partial charge in [0.2, 0.25) is 0 Å². The zero-order valence-corrected chi connectivity index (χ0v) is 21.4. The Balaban J connectivity index is 1.26. The van der Waals surface area contributed by atoms with E-state index in [1.807, 2.05) is 25.7 Å². The molecule has 1 amide bonds. The number of fused-ring (bicyclic) bond motifs is 4. The van der Waals surface area contributed by atoms with Crippen LogP contribution in [-0.2, 0) is 10.2 Å². The maximum absolute atomic E-state index is 13.1. The van der Waals surface area contributed by atoms with E-state index in [1.54, 1.807) is 0 Å². The fourth-order valence-corrected chi connectivity index (χ4v) is 7.32. The Labute approximate surface area is 201 Å². The van der Waals surface area contributed by atoms with Crippen molar-refractivity contribution in [2.75, 3.05) is 31.1 Å². The SMILES string of the molecule is Cc1ccc2c(c1)C1(CCN(CC3CCC4CCCC(C4)C3)CC1)CN2C(=O)OC(C)(C)C. The van der Waals surface area contributed by atoms with Gasteiger partial charge in [-0.15, -0.1) is 0 Å². The van der Waals surface area contributed by atoms with Crippen molar-refractivity contribution in [3.05, 3.63) is 29.3 Å². The second kappa shape index (κ2) is 8.91. The standard InChI is InChI=1S/C29H44N2O2/c1-21-8-11-26-25(16-21)29(20-31(26)27(32)33-28(2,3)4)12-14-30(15-13-29)19-24-10-9-22-6-5-7-23(17-22)18-24/h8,11,16,22-24H,5-7,9-10,12-15,17-20H2,1-4H3. The maximum atomic E-state index is 13.1. The molecule has 2 aliphatic heterocycles. The third-order valence-electron chi connectivity index (χ3n) is 8.96. The van der Waals surface area contributed by atoms with Crippen molar-refractivity contribution in [1.82, 2.24) is 4.90 Å². The molecule has 2 aliphatic carbocycles. The van der Waals surface area contributed by atoms with Crippen LogP contribution in [0.1, 0.15) is 89.7 Å². The molecule has 0 N–H and O–H groups in total. The number of benzene rings is 1. The number of piperidine rings is 1. The lowest BCUT2D eigenvalue weighted by Crippen LogP contribution is -2.47. The maximum Gasteiger partial charge on any atom is 0.414 e. The van der Waals surface area contributed by atoms with Crippen LogP contribution in [0.3, 0.4) is 0 Å². The van der Waals surface area contributed by atoms with Crippen LogP contribution in [0.5, 0.6) is 0 Å². The molecule has 4 nitrogen and oxygen atoms in total. The van der Waals surface area contributed by atoms with Gasteiger partial charge in [-0.2, -0.15) is 0 Å². The Kier molecular flexibility index (Phi) is 6.26. The summed E-state index contributed by atoms with van der Waals surface area (Å²) in [4.78, 5) is 17.7. The molecule has 5 rings (SSSR count). The van der Waals surface area contributed by atoms with E-state index in [0.29, 0.717) is 0 Å². The monoisotopic (exact) mass is 452 g/mol. The molecule has 1 spiro atoms. The van der Waals surface area contributed by atoms with Crippen molar-refractivity contribution >= 4 is 11.8 Å². The summed E-state index contributed by atoms with van der Waals surface area (Å²) in [6.45, 7) is 12.4. The lowest BCUT2D eigenvalue weighted by atomic mass is 9.73. The second-order valence-electron chi connectivity index (χ2n) is 12.7. The molecule has 2 heterocycles. The normalized spacial score (nSPS) is 29.6. The molecule has 3 unspecified atom stereocenters. The van der Waals surface area contributed by atoms with Crippen molar-refractivity contribution in [3.8, 4) is 0 Å². The van der Waals surface area contributed by atoms with Crippen molar-refractivity contribution in [2.45, 2.75) is 96.5 Å². The lowest BCUT2D eigenvalue weighted by molar-refractivity contribution is 0.0569. The fourth-order valence-electron chi connectivity index (χ4n) is 7.32. The highest BCUT2D eigenvalue weighted by Crippen LogP contribution is 2.48. The summed E-state index contributed by atoms with van der Waals surface area (Å²) in [5.41, 5.74) is 3.33. The lowest BCUT2D eigenvalue weighted by Gasteiger charge is -2.41. The number of amides is 1. The largest absolute Gasteiger partial charge is 0.443 e. The van der Waals surface area contributed by atoms with E-state index >= 15 is 0 Å². The Hall–Kier alpha value is -1.55. The molecule has 2 saturated carbocycles. The van der Waals surface area contributed by atoms with Gasteiger partial charge in [0.25, 0.3) is 0 Å². The molecule has 182 valence electrons. The Morgan fingerprint density at radius 2 is 1.82 bits per heavy atom. The van der Waals surface area contributed by atoms with Gasteiger partial charge in [-0.1, -0.05) is 43.4 Å². The van der Waals surface area contributed by atoms with Crippen molar-refractivity contribution < 1.29 is 9.53 Å². The number of aryl methyl sites for hydroxylation is 1.